The highest BCUT2D eigenvalue weighted by Gasteiger charge is 2.08. The van der Waals surface area contributed by atoms with Gasteiger partial charge in [0.1, 0.15) is 12.4 Å². The predicted octanol–water partition coefficient (Wildman–Crippen LogP) is 3.73. The average Bonchev–Trinajstić information content (AvgIpc) is 2.48. The molecule has 0 spiro atoms. The predicted molar refractivity (Wildman–Crippen MR) is 88.7 cm³/mol. The van der Waals surface area contributed by atoms with Crippen LogP contribution in [0.1, 0.15) is 28.3 Å². The molecule has 0 aliphatic rings. The highest BCUT2D eigenvalue weighted by atomic mass is 35.5. The Morgan fingerprint density at radius 3 is 2.61 bits per heavy atom. The van der Waals surface area contributed by atoms with Crippen molar-refractivity contribution in [2.24, 2.45) is 0 Å². The summed E-state index contributed by atoms with van der Waals surface area (Å²) in [6, 6.07) is 5.04. The number of carboxylic acids is 1. The Kier molecular flexibility index (Phi) is 5.34. The van der Waals surface area contributed by atoms with E-state index in [4.69, 9.17) is 21.4 Å². The number of rotatable bonds is 5. The van der Waals surface area contributed by atoms with Crippen LogP contribution < -0.4 is 4.74 Å². The van der Waals surface area contributed by atoms with Crippen molar-refractivity contribution in [2.45, 2.75) is 27.4 Å². The van der Waals surface area contributed by atoms with Gasteiger partial charge in [-0.3, -0.25) is 9.97 Å². The number of nitrogens with zero attached hydrogens (tertiary/aromatic N) is 2. The van der Waals surface area contributed by atoms with Gasteiger partial charge in [0.25, 0.3) is 0 Å². The van der Waals surface area contributed by atoms with Crippen LogP contribution in [0.4, 0.5) is 0 Å². The molecule has 23 heavy (non-hydrogen) atoms. The lowest BCUT2D eigenvalue weighted by Crippen LogP contribution is -2.06. The maximum Gasteiger partial charge on any atom is 0.328 e. The van der Waals surface area contributed by atoms with E-state index in [1.54, 1.807) is 18.2 Å². The second kappa shape index (κ2) is 7.24. The van der Waals surface area contributed by atoms with Crippen LogP contribution >= 0.6 is 11.6 Å². The first-order chi connectivity index (χ1) is 10.9. The SMILES string of the molecule is Cc1nc(C)c(COc2ccc(Cl)cc2/C=C/C(=O)O)nc1C. The molecule has 0 fully saturated rings. The molecule has 5 nitrogen and oxygen atoms in total. The second-order valence-electron chi connectivity index (χ2n) is 5.07. The Morgan fingerprint density at radius 1 is 1.22 bits per heavy atom. The fourth-order valence-corrected chi connectivity index (χ4v) is 2.17. The summed E-state index contributed by atoms with van der Waals surface area (Å²) >= 11 is 5.95. The summed E-state index contributed by atoms with van der Waals surface area (Å²) in [5.74, 6) is -0.502. The van der Waals surface area contributed by atoms with Gasteiger partial charge in [-0.15, -0.1) is 0 Å². The molecule has 0 saturated heterocycles. The lowest BCUT2D eigenvalue weighted by atomic mass is 10.2. The molecule has 120 valence electrons. The molecule has 2 rings (SSSR count). The molecule has 0 atom stereocenters. The highest BCUT2D eigenvalue weighted by molar-refractivity contribution is 6.30. The fourth-order valence-electron chi connectivity index (χ4n) is 1.99. The summed E-state index contributed by atoms with van der Waals surface area (Å²) in [4.78, 5) is 19.6. The third kappa shape index (κ3) is 4.53. The van der Waals surface area contributed by atoms with E-state index in [1.165, 1.54) is 6.08 Å². The maximum absolute atomic E-state index is 10.7. The number of aryl methyl sites for hydroxylation is 3. The smallest absolute Gasteiger partial charge is 0.328 e. The summed E-state index contributed by atoms with van der Waals surface area (Å²) in [6.07, 6.45) is 2.49. The molecule has 0 radical (unpaired) electrons. The number of halogens is 1. The van der Waals surface area contributed by atoms with E-state index in [1.807, 2.05) is 20.8 Å². The molecule has 0 aliphatic carbocycles. The zero-order valence-corrected chi connectivity index (χ0v) is 13.9. The van der Waals surface area contributed by atoms with Gasteiger partial charge < -0.3 is 9.84 Å². The van der Waals surface area contributed by atoms with E-state index < -0.39 is 5.97 Å². The van der Waals surface area contributed by atoms with Crippen LogP contribution in [0.2, 0.25) is 5.02 Å². The monoisotopic (exact) mass is 332 g/mol. The van der Waals surface area contributed by atoms with Gasteiger partial charge in [-0.25, -0.2) is 4.79 Å². The molecule has 0 aliphatic heterocycles. The van der Waals surface area contributed by atoms with Crippen LogP contribution in [-0.2, 0) is 11.4 Å². The molecular formula is C17H17ClN2O3. The van der Waals surface area contributed by atoms with E-state index in [-0.39, 0.29) is 6.61 Å². The van der Waals surface area contributed by atoms with Crippen LogP contribution in [0.15, 0.2) is 24.3 Å². The van der Waals surface area contributed by atoms with Gasteiger partial charge in [-0.1, -0.05) is 11.6 Å². The summed E-state index contributed by atoms with van der Waals surface area (Å²) < 4.78 is 5.78. The molecule has 2 aromatic rings. The van der Waals surface area contributed by atoms with Gasteiger partial charge in [-0.2, -0.15) is 0 Å². The van der Waals surface area contributed by atoms with Gasteiger partial charge in [0.05, 0.1) is 22.8 Å². The molecule has 0 bridgehead atoms. The van der Waals surface area contributed by atoms with Crippen molar-refractivity contribution in [2.75, 3.05) is 0 Å². The Labute approximate surface area is 139 Å². The van der Waals surface area contributed by atoms with Crippen molar-refractivity contribution in [3.63, 3.8) is 0 Å². The Morgan fingerprint density at radius 2 is 1.91 bits per heavy atom. The van der Waals surface area contributed by atoms with Crippen LogP contribution in [0.25, 0.3) is 6.08 Å². The molecule has 6 heteroatoms. The topological polar surface area (TPSA) is 72.3 Å². The van der Waals surface area contributed by atoms with Gasteiger partial charge in [-0.05, 0) is 45.0 Å². The molecule has 0 amide bonds. The zero-order chi connectivity index (χ0) is 17.0. The van der Waals surface area contributed by atoms with Crippen molar-refractivity contribution >= 4 is 23.6 Å². The number of aromatic nitrogens is 2. The minimum absolute atomic E-state index is 0.246. The molecule has 1 heterocycles. The first-order valence-corrected chi connectivity index (χ1v) is 7.38. The minimum atomic E-state index is -1.04. The molecule has 0 unspecified atom stereocenters. The second-order valence-corrected chi connectivity index (χ2v) is 5.51. The summed E-state index contributed by atoms with van der Waals surface area (Å²) in [5, 5.41) is 9.26. The van der Waals surface area contributed by atoms with Crippen molar-refractivity contribution in [1.82, 2.24) is 9.97 Å². The van der Waals surface area contributed by atoms with Crippen LogP contribution in [0.3, 0.4) is 0 Å². The summed E-state index contributed by atoms with van der Waals surface area (Å²) in [6.45, 7) is 5.93. The standard InChI is InChI=1S/C17H17ClN2O3/c1-10-11(2)20-15(12(3)19-10)9-23-16-6-5-14(18)8-13(16)4-7-17(21)22/h4-8H,9H2,1-3H3,(H,21,22)/b7-4+. The van der Waals surface area contributed by atoms with Crippen molar-refractivity contribution in [1.29, 1.82) is 0 Å². The first-order valence-electron chi connectivity index (χ1n) is 7.01. The van der Waals surface area contributed by atoms with Crippen LogP contribution in [0.5, 0.6) is 5.75 Å². The van der Waals surface area contributed by atoms with Gasteiger partial charge >= 0.3 is 5.97 Å². The normalized spacial score (nSPS) is 11.0. The van der Waals surface area contributed by atoms with Crippen molar-refractivity contribution in [3.05, 3.63) is 57.6 Å². The number of benzene rings is 1. The lowest BCUT2D eigenvalue weighted by molar-refractivity contribution is -0.131. The third-order valence-corrected chi connectivity index (χ3v) is 3.56. The number of hydrogen-bond acceptors (Lipinski definition) is 4. The van der Waals surface area contributed by atoms with Crippen molar-refractivity contribution in [3.8, 4) is 5.75 Å². The van der Waals surface area contributed by atoms with Crippen LogP contribution in [-0.4, -0.2) is 21.0 Å². The van der Waals surface area contributed by atoms with E-state index in [0.717, 1.165) is 28.9 Å². The van der Waals surface area contributed by atoms with Gasteiger partial charge in [0.2, 0.25) is 0 Å². The largest absolute Gasteiger partial charge is 0.487 e. The van der Waals surface area contributed by atoms with Gasteiger partial charge in [0, 0.05) is 16.7 Å². The zero-order valence-electron chi connectivity index (χ0n) is 13.1. The van der Waals surface area contributed by atoms with E-state index in [0.29, 0.717) is 16.3 Å². The van der Waals surface area contributed by atoms with Crippen molar-refractivity contribution < 1.29 is 14.6 Å². The van der Waals surface area contributed by atoms with E-state index >= 15 is 0 Å². The Bertz CT molecular complexity index is 773. The fraction of sp³-hybridized carbons (Fsp3) is 0.235. The third-order valence-electron chi connectivity index (χ3n) is 3.32. The Balaban J connectivity index is 2.24. The van der Waals surface area contributed by atoms with E-state index in [9.17, 15) is 4.79 Å². The number of aliphatic carboxylic acids is 1. The average molecular weight is 333 g/mol. The summed E-state index contributed by atoms with van der Waals surface area (Å²) in [7, 11) is 0. The van der Waals surface area contributed by atoms with Gasteiger partial charge in [0.15, 0.2) is 0 Å². The number of carbonyl (C=O) groups is 1. The highest BCUT2D eigenvalue weighted by Crippen LogP contribution is 2.25. The molecular weight excluding hydrogens is 316 g/mol. The quantitative estimate of drug-likeness (QED) is 0.844. The summed E-state index contributed by atoms with van der Waals surface area (Å²) in [5.41, 5.74) is 3.90. The Hall–Kier alpha value is -2.40. The van der Waals surface area contributed by atoms with E-state index in [2.05, 4.69) is 9.97 Å². The number of carboxylic acid groups (broad SMARTS) is 1. The molecule has 1 aromatic carbocycles. The van der Waals surface area contributed by atoms with Crippen LogP contribution in [0, 0.1) is 20.8 Å². The first kappa shape index (κ1) is 17.0. The molecule has 0 saturated carbocycles. The molecule has 1 N–H and O–H groups in total. The number of ether oxygens (including phenoxy) is 1. The molecule has 1 aromatic heterocycles. The lowest BCUT2D eigenvalue weighted by Gasteiger charge is -2.12. The number of hydrogen-bond donors (Lipinski definition) is 1. The maximum atomic E-state index is 10.7. The minimum Gasteiger partial charge on any atom is -0.487 e.